The fraction of sp³-hybridized carbons (Fsp3) is 0.316. The maximum Gasteiger partial charge on any atom is 0.238 e. The molecule has 0 aliphatic carbocycles. The molecule has 0 aliphatic rings. The van der Waals surface area contributed by atoms with Crippen LogP contribution in [0.15, 0.2) is 47.4 Å². The molecule has 1 amide bonds. The zero-order valence-electron chi connectivity index (χ0n) is 15.4. The van der Waals surface area contributed by atoms with Gasteiger partial charge in [0.15, 0.2) is 11.5 Å². The van der Waals surface area contributed by atoms with E-state index in [1.165, 1.54) is 6.07 Å². The van der Waals surface area contributed by atoms with Crippen molar-refractivity contribution in [2.75, 3.05) is 18.5 Å². The monoisotopic (exact) mass is 392 g/mol. The minimum Gasteiger partial charge on any atom is -0.490 e. The van der Waals surface area contributed by atoms with E-state index in [1.807, 2.05) is 31.2 Å². The summed E-state index contributed by atoms with van der Waals surface area (Å²) in [5, 5.41) is 7.85. The first-order valence-electron chi connectivity index (χ1n) is 8.59. The molecular weight excluding hydrogens is 368 g/mol. The Morgan fingerprint density at radius 2 is 1.78 bits per heavy atom. The molecule has 2 aromatic carbocycles. The molecule has 2 rings (SSSR count). The number of carbonyl (C=O) groups is 1. The van der Waals surface area contributed by atoms with Crippen LogP contribution in [-0.4, -0.2) is 27.5 Å². The lowest BCUT2D eigenvalue weighted by Crippen LogP contribution is -2.16. The minimum atomic E-state index is -3.84. The van der Waals surface area contributed by atoms with E-state index in [1.54, 1.807) is 19.1 Å². The number of ether oxygens (including phenoxy) is 2. The summed E-state index contributed by atoms with van der Waals surface area (Å²) in [6.07, 6.45) is 0.732. The van der Waals surface area contributed by atoms with Crippen molar-refractivity contribution in [3.05, 3.63) is 48.0 Å². The van der Waals surface area contributed by atoms with Crippen LogP contribution in [0.3, 0.4) is 0 Å². The summed E-state index contributed by atoms with van der Waals surface area (Å²) in [7, 11) is -3.84. The van der Waals surface area contributed by atoms with Crippen molar-refractivity contribution in [2.24, 2.45) is 5.14 Å². The second kappa shape index (κ2) is 9.38. The van der Waals surface area contributed by atoms with Crippen molar-refractivity contribution >= 4 is 21.6 Å². The van der Waals surface area contributed by atoms with Crippen molar-refractivity contribution in [3.8, 4) is 11.5 Å². The molecule has 146 valence electrons. The number of sulfonamides is 1. The summed E-state index contributed by atoms with van der Waals surface area (Å²) in [4.78, 5) is 12.1. The second-order valence-corrected chi connectivity index (χ2v) is 7.44. The second-order valence-electron chi connectivity index (χ2n) is 5.91. The number of aryl methyl sites for hydroxylation is 1. The normalized spacial score (nSPS) is 11.1. The van der Waals surface area contributed by atoms with E-state index in [4.69, 9.17) is 14.6 Å². The first-order valence-corrected chi connectivity index (χ1v) is 10.1. The Morgan fingerprint density at radius 1 is 1.11 bits per heavy atom. The van der Waals surface area contributed by atoms with E-state index >= 15 is 0 Å². The number of amides is 1. The molecule has 2 aromatic rings. The van der Waals surface area contributed by atoms with Crippen molar-refractivity contribution in [1.82, 2.24) is 0 Å². The molecule has 0 unspecified atom stereocenters. The molecular formula is C19H24N2O5S. The van der Waals surface area contributed by atoms with Crippen LogP contribution in [0.1, 0.15) is 25.3 Å². The van der Waals surface area contributed by atoms with Crippen molar-refractivity contribution < 1.29 is 22.7 Å². The average molecular weight is 392 g/mol. The van der Waals surface area contributed by atoms with E-state index in [9.17, 15) is 13.2 Å². The van der Waals surface area contributed by atoms with E-state index in [0.717, 1.165) is 0 Å². The molecule has 0 radical (unpaired) electrons. The molecule has 3 N–H and O–H groups in total. The zero-order valence-corrected chi connectivity index (χ0v) is 16.2. The molecule has 0 saturated heterocycles. The van der Waals surface area contributed by atoms with Gasteiger partial charge in [0.25, 0.3) is 0 Å². The van der Waals surface area contributed by atoms with Crippen LogP contribution < -0.4 is 19.9 Å². The van der Waals surface area contributed by atoms with Crippen molar-refractivity contribution in [2.45, 2.75) is 31.6 Å². The van der Waals surface area contributed by atoms with Gasteiger partial charge in [-0.1, -0.05) is 18.2 Å². The number of anilines is 1. The van der Waals surface area contributed by atoms with Crippen LogP contribution in [-0.2, 0) is 14.8 Å². The van der Waals surface area contributed by atoms with Gasteiger partial charge in [0.2, 0.25) is 15.9 Å². The largest absolute Gasteiger partial charge is 0.490 e. The van der Waals surface area contributed by atoms with E-state index in [0.29, 0.717) is 42.4 Å². The molecule has 0 bridgehead atoms. The quantitative estimate of drug-likeness (QED) is 0.638. The number of nitrogens with one attached hydrogen (secondary N) is 1. The third kappa shape index (κ3) is 6.26. The first-order chi connectivity index (χ1) is 12.8. The summed E-state index contributed by atoms with van der Waals surface area (Å²) < 4.78 is 34.2. The van der Waals surface area contributed by atoms with E-state index < -0.39 is 10.0 Å². The Balaban J connectivity index is 1.85. The molecule has 0 fully saturated rings. The van der Waals surface area contributed by atoms with Gasteiger partial charge in [-0.25, -0.2) is 13.6 Å². The number of para-hydroxylation sites is 2. The van der Waals surface area contributed by atoms with Crippen molar-refractivity contribution in [1.29, 1.82) is 0 Å². The molecule has 27 heavy (non-hydrogen) atoms. The van der Waals surface area contributed by atoms with Crippen LogP contribution >= 0.6 is 0 Å². The lowest BCUT2D eigenvalue weighted by Gasteiger charge is -2.12. The van der Waals surface area contributed by atoms with Crippen LogP contribution in [0.4, 0.5) is 5.69 Å². The highest BCUT2D eigenvalue weighted by atomic mass is 32.2. The molecule has 0 atom stereocenters. The fourth-order valence-electron chi connectivity index (χ4n) is 2.47. The number of benzene rings is 2. The third-order valence-corrected chi connectivity index (χ3v) is 4.79. The summed E-state index contributed by atoms with van der Waals surface area (Å²) >= 11 is 0. The van der Waals surface area contributed by atoms with Crippen LogP contribution in [0, 0.1) is 6.92 Å². The van der Waals surface area contributed by atoms with Gasteiger partial charge >= 0.3 is 0 Å². The van der Waals surface area contributed by atoms with Gasteiger partial charge in [-0.3, -0.25) is 4.79 Å². The predicted molar refractivity (Wildman–Crippen MR) is 104 cm³/mol. The maximum atomic E-state index is 12.1. The van der Waals surface area contributed by atoms with E-state index in [-0.39, 0.29) is 17.2 Å². The fourth-order valence-corrected chi connectivity index (χ4v) is 3.27. The molecule has 0 saturated carbocycles. The molecule has 0 spiro atoms. The van der Waals surface area contributed by atoms with Crippen LogP contribution in [0.2, 0.25) is 0 Å². The maximum absolute atomic E-state index is 12.1. The van der Waals surface area contributed by atoms with E-state index in [2.05, 4.69) is 5.32 Å². The standard InChI is InChI=1S/C19H24N2O5S/c1-3-25-16-7-4-5-8-17(16)26-12-6-9-19(22)21-15-11-10-14(2)18(13-15)27(20,23)24/h4-5,7-8,10-11,13H,3,6,9,12H2,1-2H3,(H,21,22)(H2,20,23,24). The average Bonchev–Trinajstić information content (AvgIpc) is 2.61. The van der Waals surface area contributed by atoms with Crippen molar-refractivity contribution in [3.63, 3.8) is 0 Å². The zero-order chi connectivity index (χ0) is 19.9. The number of primary sulfonamides is 1. The SMILES string of the molecule is CCOc1ccccc1OCCCC(=O)Nc1ccc(C)c(S(N)(=O)=O)c1. The van der Waals surface area contributed by atoms with Gasteiger partial charge in [-0.2, -0.15) is 0 Å². The van der Waals surface area contributed by atoms with Gasteiger partial charge in [-0.15, -0.1) is 0 Å². The number of hydrogen-bond acceptors (Lipinski definition) is 5. The molecule has 0 aromatic heterocycles. The summed E-state index contributed by atoms with van der Waals surface area (Å²) in [5.41, 5.74) is 0.911. The Morgan fingerprint density at radius 3 is 2.41 bits per heavy atom. The predicted octanol–water partition coefficient (Wildman–Crippen LogP) is 2.84. The molecule has 7 nitrogen and oxygen atoms in total. The van der Waals surface area contributed by atoms with Gasteiger partial charge in [0.1, 0.15) is 0 Å². The lowest BCUT2D eigenvalue weighted by atomic mass is 10.2. The highest BCUT2D eigenvalue weighted by Crippen LogP contribution is 2.26. The third-order valence-electron chi connectivity index (χ3n) is 3.73. The van der Waals surface area contributed by atoms with Gasteiger partial charge < -0.3 is 14.8 Å². The number of carbonyl (C=O) groups excluding carboxylic acids is 1. The Bertz CT molecular complexity index is 897. The Hall–Kier alpha value is -2.58. The Labute approximate surface area is 159 Å². The van der Waals surface area contributed by atoms with Crippen LogP contribution in [0.5, 0.6) is 11.5 Å². The minimum absolute atomic E-state index is 0.00355. The molecule has 0 heterocycles. The molecule has 0 aliphatic heterocycles. The van der Waals surface area contributed by atoms with Gasteiger partial charge in [0.05, 0.1) is 18.1 Å². The van der Waals surface area contributed by atoms with Gasteiger partial charge in [0, 0.05) is 12.1 Å². The van der Waals surface area contributed by atoms with Crippen LogP contribution in [0.25, 0.3) is 0 Å². The summed E-state index contributed by atoms with van der Waals surface area (Å²) in [6, 6.07) is 11.9. The van der Waals surface area contributed by atoms with Gasteiger partial charge in [-0.05, 0) is 50.1 Å². The highest BCUT2D eigenvalue weighted by Gasteiger charge is 2.13. The summed E-state index contributed by atoms with van der Waals surface area (Å²) in [5.74, 6) is 1.07. The first kappa shape index (κ1) is 20.7. The Kier molecular flexibility index (Phi) is 7.20. The smallest absolute Gasteiger partial charge is 0.238 e. The summed E-state index contributed by atoms with van der Waals surface area (Å²) in [6.45, 7) is 4.43. The number of rotatable bonds is 9. The molecule has 8 heteroatoms. The highest BCUT2D eigenvalue weighted by molar-refractivity contribution is 7.89. The topological polar surface area (TPSA) is 108 Å². The number of nitrogens with two attached hydrogens (primary N) is 1. The number of hydrogen-bond donors (Lipinski definition) is 2. The lowest BCUT2D eigenvalue weighted by molar-refractivity contribution is -0.116.